The number of hydrogen-bond acceptors (Lipinski definition) is 5. The van der Waals surface area contributed by atoms with Gasteiger partial charge < -0.3 is 4.74 Å². The van der Waals surface area contributed by atoms with Gasteiger partial charge in [-0.05, 0) is 48.9 Å². The SMILES string of the molecule is CCOc1ccc(-c2csc(NN=Cc3ccc(Br)cc3)n2)cc1. The summed E-state index contributed by atoms with van der Waals surface area (Å²) in [6.45, 7) is 2.64. The second-order valence-electron chi connectivity index (χ2n) is 4.92. The van der Waals surface area contributed by atoms with Crippen molar-refractivity contribution in [3.05, 3.63) is 63.9 Å². The molecule has 3 rings (SSSR count). The van der Waals surface area contributed by atoms with Gasteiger partial charge in [-0.25, -0.2) is 4.98 Å². The van der Waals surface area contributed by atoms with Crippen molar-refractivity contribution in [2.24, 2.45) is 5.10 Å². The molecule has 0 spiro atoms. The highest BCUT2D eigenvalue weighted by Crippen LogP contribution is 2.26. The van der Waals surface area contributed by atoms with Crippen LogP contribution < -0.4 is 10.2 Å². The minimum absolute atomic E-state index is 0.667. The van der Waals surface area contributed by atoms with Crippen LogP contribution in [-0.2, 0) is 0 Å². The van der Waals surface area contributed by atoms with E-state index in [1.54, 1.807) is 6.21 Å². The number of hydrazone groups is 1. The average Bonchev–Trinajstić information content (AvgIpc) is 3.07. The highest BCUT2D eigenvalue weighted by atomic mass is 79.9. The first-order chi connectivity index (χ1) is 11.7. The molecule has 0 saturated heterocycles. The second kappa shape index (κ2) is 8.08. The molecule has 1 aromatic heterocycles. The van der Waals surface area contributed by atoms with E-state index in [-0.39, 0.29) is 0 Å². The fourth-order valence-electron chi connectivity index (χ4n) is 2.06. The normalized spacial score (nSPS) is 10.9. The Morgan fingerprint density at radius 1 is 1.17 bits per heavy atom. The fraction of sp³-hybridized carbons (Fsp3) is 0.111. The number of thiazole rings is 1. The summed E-state index contributed by atoms with van der Waals surface area (Å²) in [4.78, 5) is 4.55. The van der Waals surface area contributed by atoms with Gasteiger partial charge in [0.2, 0.25) is 5.13 Å². The molecule has 0 aliphatic carbocycles. The lowest BCUT2D eigenvalue weighted by atomic mass is 10.2. The summed E-state index contributed by atoms with van der Waals surface area (Å²) in [6, 6.07) is 15.9. The van der Waals surface area contributed by atoms with Gasteiger partial charge in [-0.3, -0.25) is 5.43 Å². The Morgan fingerprint density at radius 2 is 1.92 bits per heavy atom. The first-order valence-electron chi connectivity index (χ1n) is 7.48. The Hall–Kier alpha value is -2.18. The van der Waals surface area contributed by atoms with Crippen LogP contribution in [0.5, 0.6) is 5.75 Å². The van der Waals surface area contributed by atoms with E-state index < -0.39 is 0 Å². The van der Waals surface area contributed by atoms with Gasteiger partial charge in [0.15, 0.2) is 0 Å². The molecule has 0 amide bonds. The third-order valence-electron chi connectivity index (χ3n) is 3.21. The van der Waals surface area contributed by atoms with Crippen molar-refractivity contribution in [3.63, 3.8) is 0 Å². The second-order valence-corrected chi connectivity index (χ2v) is 6.69. The molecule has 2 aromatic carbocycles. The lowest BCUT2D eigenvalue weighted by Gasteiger charge is -2.03. The minimum atomic E-state index is 0.667. The molecule has 1 heterocycles. The molecule has 1 N–H and O–H groups in total. The Kier molecular flexibility index (Phi) is 5.61. The van der Waals surface area contributed by atoms with Gasteiger partial charge in [-0.1, -0.05) is 28.1 Å². The van der Waals surface area contributed by atoms with Gasteiger partial charge in [-0.15, -0.1) is 11.3 Å². The summed E-state index contributed by atoms with van der Waals surface area (Å²) in [5.74, 6) is 0.869. The molecule has 122 valence electrons. The molecule has 0 bridgehead atoms. The molecule has 0 unspecified atom stereocenters. The van der Waals surface area contributed by atoms with Crippen molar-refractivity contribution >= 4 is 38.6 Å². The Labute approximate surface area is 153 Å². The van der Waals surface area contributed by atoms with Crippen molar-refractivity contribution in [3.8, 4) is 17.0 Å². The maximum atomic E-state index is 5.45. The number of rotatable bonds is 6. The molecule has 0 fully saturated rings. The van der Waals surface area contributed by atoms with Gasteiger partial charge in [-0.2, -0.15) is 5.10 Å². The van der Waals surface area contributed by atoms with Crippen LogP contribution in [0.3, 0.4) is 0 Å². The highest BCUT2D eigenvalue weighted by Gasteiger charge is 2.04. The van der Waals surface area contributed by atoms with Gasteiger partial charge in [0, 0.05) is 15.4 Å². The van der Waals surface area contributed by atoms with Gasteiger partial charge in [0.1, 0.15) is 5.75 Å². The van der Waals surface area contributed by atoms with E-state index in [1.165, 1.54) is 11.3 Å². The number of halogens is 1. The lowest BCUT2D eigenvalue weighted by Crippen LogP contribution is -1.91. The van der Waals surface area contributed by atoms with E-state index in [1.807, 2.05) is 60.8 Å². The van der Waals surface area contributed by atoms with Crippen LogP contribution in [0, 0.1) is 0 Å². The summed E-state index contributed by atoms with van der Waals surface area (Å²) < 4.78 is 6.50. The van der Waals surface area contributed by atoms with Crippen molar-refractivity contribution in [2.75, 3.05) is 12.0 Å². The van der Waals surface area contributed by atoms with Gasteiger partial charge in [0.25, 0.3) is 0 Å². The van der Waals surface area contributed by atoms with Crippen LogP contribution in [0.2, 0.25) is 0 Å². The number of nitrogens with zero attached hydrogens (tertiary/aromatic N) is 2. The molecule has 0 radical (unpaired) electrons. The van der Waals surface area contributed by atoms with Crippen molar-refractivity contribution in [1.82, 2.24) is 4.98 Å². The summed E-state index contributed by atoms with van der Waals surface area (Å²) in [5, 5.41) is 6.99. The predicted molar refractivity (Wildman–Crippen MR) is 104 cm³/mol. The van der Waals surface area contributed by atoms with Crippen molar-refractivity contribution < 1.29 is 4.74 Å². The number of aromatic nitrogens is 1. The van der Waals surface area contributed by atoms with Crippen LogP contribution in [-0.4, -0.2) is 17.8 Å². The Morgan fingerprint density at radius 3 is 2.62 bits per heavy atom. The maximum Gasteiger partial charge on any atom is 0.203 e. The predicted octanol–water partition coefficient (Wildman–Crippen LogP) is 5.42. The van der Waals surface area contributed by atoms with E-state index in [9.17, 15) is 0 Å². The molecule has 0 aliphatic heterocycles. The zero-order chi connectivity index (χ0) is 16.8. The molecule has 4 nitrogen and oxygen atoms in total. The van der Waals surface area contributed by atoms with E-state index in [0.717, 1.165) is 32.2 Å². The quantitative estimate of drug-likeness (QED) is 0.443. The molecule has 24 heavy (non-hydrogen) atoms. The number of ether oxygens (including phenoxy) is 1. The number of benzene rings is 2. The molecule has 6 heteroatoms. The zero-order valence-corrected chi connectivity index (χ0v) is 15.5. The van der Waals surface area contributed by atoms with E-state index in [0.29, 0.717) is 6.61 Å². The topological polar surface area (TPSA) is 46.5 Å². The van der Waals surface area contributed by atoms with Crippen molar-refractivity contribution in [2.45, 2.75) is 6.92 Å². The van der Waals surface area contributed by atoms with Crippen LogP contribution in [0.1, 0.15) is 12.5 Å². The Balaban J connectivity index is 1.63. The largest absolute Gasteiger partial charge is 0.494 e. The molecule has 3 aromatic rings. The van der Waals surface area contributed by atoms with Gasteiger partial charge in [0.05, 0.1) is 18.5 Å². The minimum Gasteiger partial charge on any atom is -0.494 e. The zero-order valence-electron chi connectivity index (χ0n) is 13.1. The molecular weight excluding hydrogens is 386 g/mol. The summed E-state index contributed by atoms with van der Waals surface area (Å²) in [5.41, 5.74) is 5.97. The van der Waals surface area contributed by atoms with E-state index >= 15 is 0 Å². The monoisotopic (exact) mass is 401 g/mol. The van der Waals surface area contributed by atoms with Crippen LogP contribution in [0.25, 0.3) is 11.3 Å². The summed E-state index contributed by atoms with van der Waals surface area (Å²) in [7, 11) is 0. The van der Waals surface area contributed by atoms with E-state index in [2.05, 4.69) is 31.4 Å². The third kappa shape index (κ3) is 4.43. The summed E-state index contributed by atoms with van der Waals surface area (Å²) >= 11 is 4.93. The van der Waals surface area contributed by atoms with Crippen LogP contribution >= 0.6 is 27.3 Å². The summed E-state index contributed by atoms with van der Waals surface area (Å²) in [6.07, 6.45) is 1.77. The first-order valence-corrected chi connectivity index (χ1v) is 9.15. The first kappa shape index (κ1) is 16.7. The molecule has 0 aliphatic rings. The number of nitrogens with one attached hydrogen (secondary N) is 1. The van der Waals surface area contributed by atoms with Crippen LogP contribution in [0.15, 0.2) is 63.5 Å². The lowest BCUT2D eigenvalue weighted by molar-refractivity contribution is 0.340. The third-order valence-corrected chi connectivity index (χ3v) is 4.48. The van der Waals surface area contributed by atoms with E-state index in [4.69, 9.17) is 4.74 Å². The standard InChI is InChI=1S/C18H16BrN3OS/c1-2-23-16-9-5-14(6-10-16)17-12-24-18(21-17)22-20-11-13-3-7-15(19)8-4-13/h3-12H,2H2,1H3,(H,21,22). The average molecular weight is 402 g/mol. The van der Waals surface area contributed by atoms with Gasteiger partial charge >= 0.3 is 0 Å². The fourth-order valence-corrected chi connectivity index (χ4v) is 2.99. The number of anilines is 1. The highest BCUT2D eigenvalue weighted by molar-refractivity contribution is 9.10. The molecular formula is C18H16BrN3OS. The smallest absolute Gasteiger partial charge is 0.203 e. The number of hydrogen-bond donors (Lipinski definition) is 1. The Bertz CT molecular complexity index is 813. The molecule has 0 saturated carbocycles. The van der Waals surface area contributed by atoms with Crippen LogP contribution in [0.4, 0.5) is 5.13 Å². The maximum absolute atomic E-state index is 5.45. The van der Waals surface area contributed by atoms with Crippen molar-refractivity contribution in [1.29, 1.82) is 0 Å². The molecule has 0 atom stereocenters.